The Balaban J connectivity index is 1.71. The van der Waals surface area contributed by atoms with Gasteiger partial charge in [0, 0.05) is 24.8 Å². The molecule has 4 heteroatoms. The molecule has 1 aliphatic rings. The van der Waals surface area contributed by atoms with E-state index in [1.165, 1.54) is 11.1 Å². The number of fused-ring (bicyclic) bond motifs is 1. The van der Waals surface area contributed by atoms with Crippen LogP contribution in [-0.2, 0) is 19.4 Å². The molecule has 2 aromatic rings. The van der Waals surface area contributed by atoms with Crippen LogP contribution in [0.4, 0.5) is 5.82 Å². The monoisotopic (exact) mass is 268 g/mol. The first-order valence-corrected chi connectivity index (χ1v) is 7.10. The lowest BCUT2D eigenvalue weighted by Gasteiger charge is -2.18. The SMILES string of the molecule is Cc1cc(N)nc(CN2CCc3ccccc3CC2)n1. The van der Waals surface area contributed by atoms with Crippen LogP contribution in [0.25, 0.3) is 0 Å². The molecule has 0 saturated heterocycles. The van der Waals surface area contributed by atoms with E-state index in [-0.39, 0.29) is 0 Å². The zero-order valence-corrected chi connectivity index (χ0v) is 11.8. The third kappa shape index (κ3) is 2.96. The molecule has 2 heterocycles. The number of anilines is 1. The molecule has 4 nitrogen and oxygen atoms in total. The van der Waals surface area contributed by atoms with E-state index in [1.54, 1.807) is 0 Å². The van der Waals surface area contributed by atoms with E-state index in [0.717, 1.165) is 44.0 Å². The fourth-order valence-electron chi connectivity index (χ4n) is 2.80. The van der Waals surface area contributed by atoms with Crippen LogP contribution in [0.2, 0.25) is 0 Å². The van der Waals surface area contributed by atoms with Crippen molar-refractivity contribution in [1.29, 1.82) is 0 Å². The Bertz CT molecular complexity index is 562. The summed E-state index contributed by atoms with van der Waals surface area (Å²) in [5, 5.41) is 0. The minimum atomic E-state index is 0.561. The molecule has 0 radical (unpaired) electrons. The number of nitrogens with zero attached hydrogens (tertiary/aromatic N) is 3. The van der Waals surface area contributed by atoms with Gasteiger partial charge in [-0.3, -0.25) is 4.90 Å². The van der Waals surface area contributed by atoms with Crippen LogP contribution >= 0.6 is 0 Å². The highest BCUT2D eigenvalue weighted by atomic mass is 15.1. The Hall–Kier alpha value is -1.94. The van der Waals surface area contributed by atoms with Gasteiger partial charge in [-0.25, -0.2) is 9.97 Å². The second-order valence-corrected chi connectivity index (χ2v) is 5.40. The maximum atomic E-state index is 5.79. The van der Waals surface area contributed by atoms with Gasteiger partial charge in [-0.15, -0.1) is 0 Å². The molecule has 0 amide bonds. The highest BCUT2D eigenvalue weighted by molar-refractivity contribution is 5.30. The second kappa shape index (κ2) is 5.59. The summed E-state index contributed by atoms with van der Waals surface area (Å²) in [4.78, 5) is 11.2. The van der Waals surface area contributed by atoms with Crippen LogP contribution in [0, 0.1) is 6.92 Å². The first-order chi connectivity index (χ1) is 9.70. The third-order valence-corrected chi connectivity index (χ3v) is 3.80. The van der Waals surface area contributed by atoms with Crippen molar-refractivity contribution in [3.8, 4) is 0 Å². The zero-order chi connectivity index (χ0) is 13.9. The fourth-order valence-corrected chi connectivity index (χ4v) is 2.80. The molecule has 0 bridgehead atoms. The molecule has 0 unspecified atom stereocenters. The quantitative estimate of drug-likeness (QED) is 0.904. The van der Waals surface area contributed by atoms with E-state index in [0.29, 0.717) is 5.82 Å². The van der Waals surface area contributed by atoms with E-state index in [9.17, 15) is 0 Å². The van der Waals surface area contributed by atoms with Crippen molar-refractivity contribution in [1.82, 2.24) is 14.9 Å². The van der Waals surface area contributed by atoms with Crippen molar-refractivity contribution in [2.75, 3.05) is 18.8 Å². The summed E-state index contributed by atoms with van der Waals surface area (Å²) < 4.78 is 0. The van der Waals surface area contributed by atoms with E-state index >= 15 is 0 Å². The van der Waals surface area contributed by atoms with Crippen LogP contribution in [-0.4, -0.2) is 28.0 Å². The number of rotatable bonds is 2. The van der Waals surface area contributed by atoms with E-state index in [1.807, 2.05) is 13.0 Å². The van der Waals surface area contributed by atoms with Crippen LogP contribution < -0.4 is 5.73 Å². The Morgan fingerprint density at radius 2 is 1.75 bits per heavy atom. The van der Waals surface area contributed by atoms with Gasteiger partial charge in [-0.1, -0.05) is 24.3 Å². The first kappa shape index (κ1) is 13.1. The predicted molar refractivity (Wildman–Crippen MR) is 80.3 cm³/mol. The number of aryl methyl sites for hydroxylation is 1. The van der Waals surface area contributed by atoms with Crippen molar-refractivity contribution in [2.45, 2.75) is 26.3 Å². The van der Waals surface area contributed by atoms with Gasteiger partial charge in [0.2, 0.25) is 0 Å². The van der Waals surface area contributed by atoms with Crippen molar-refractivity contribution in [3.05, 3.63) is 53.0 Å². The van der Waals surface area contributed by atoms with Crippen molar-refractivity contribution >= 4 is 5.82 Å². The van der Waals surface area contributed by atoms with Crippen molar-refractivity contribution in [3.63, 3.8) is 0 Å². The third-order valence-electron chi connectivity index (χ3n) is 3.80. The van der Waals surface area contributed by atoms with Crippen molar-refractivity contribution in [2.24, 2.45) is 0 Å². The van der Waals surface area contributed by atoms with Gasteiger partial charge in [0.1, 0.15) is 11.6 Å². The number of hydrogen-bond donors (Lipinski definition) is 1. The standard InChI is InChI=1S/C16H20N4/c1-12-10-15(17)19-16(18-12)11-20-8-6-13-4-2-3-5-14(13)7-9-20/h2-5,10H,6-9,11H2,1H3,(H2,17,18,19). The molecule has 1 aliphatic heterocycles. The highest BCUT2D eigenvalue weighted by Gasteiger charge is 2.14. The lowest BCUT2D eigenvalue weighted by molar-refractivity contribution is 0.272. The Labute approximate surface area is 119 Å². The van der Waals surface area contributed by atoms with Crippen LogP contribution in [0.1, 0.15) is 22.6 Å². The van der Waals surface area contributed by atoms with Crippen LogP contribution in [0.15, 0.2) is 30.3 Å². The zero-order valence-electron chi connectivity index (χ0n) is 11.8. The van der Waals surface area contributed by atoms with Gasteiger partial charge in [0.05, 0.1) is 6.54 Å². The lowest BCUT2D eigenvalue weighted by atomic mass is 10.0. The molecule has 0 fully saturated rings. The van der Waals surface area contributed by atoms with Crippen molar-refractivity contribution < 1.29 is 0 Å². The van der Waals surface area contributed by atoms with E-state index in [4.69, 9.17) is 5.73 Å². The second-order valence-electron chi connectivity index (χ2n) is 5.40. The maximum absolute atomic E-state index is 5.79. The first-order valence-electron chi connectivity index (χ1n) is 7.10. The minimum absolute atomic E-state index is 0.561. The fraction of sp³-hybridized carbons (Fsp3) is 0.375. The molecule has 2 N–H and O–H groups in total. The minimum Gasteiger partial charge on any atom is -0.384 e. The van der Waals surface area contributed by atoms with Gasteiger partial charge in [0.15, 0.2) is 0 Å². The molecule has 104 valence electrons. The molecule has 3 rings (SSSR count). The summed E-state index contributed by atoms with van der Waals surface area (Å²) in [5.74, 6) is 1.39. The van der Waals surface area contributed by atoms with E-state index in [2.05, 4.69) is 39.1 Å². The topological polar surface area (TPSA) is 55.0 Å². The molecular formula is C16H20N4. The number of aromatic nitrogens is 2. The highest BCUT2D eigenvalue weighted by Crippen LogP contribution is 2.16. The van der Waals surface area contributed by atoms with Gasteiger partial charge in [-0.05, 0) is 30.9 Å². The molecule has 0 saturated carbocycles. The lowest BCUT2D eigenvalue weighted by Crippen LogP contribution is -2.27. The van der Waals surface area contributed by atoms with Crippen LogP contribution in [0.3, 0.4) is 0 Å². The van der Waals surface area contributed by atoms with Crippen LogP contribution in [0.5, 0.6) is 0 Å². The van der Waals surface area contributed by atoms with Gasteiger partial charge >= 0.3 is 0 Å². The largest absolute Gasteiger partial charge is 0.384 e. The molecule has 1 aromatic heterocycles. The average Bonchev–Trinajstić information content (AvgIpc) is 2.61. The molecule has 1 aromatic carbocycles. The number of hydrogen-bond acceptors (Lipinski definition) is 4. The Morgan fingerprint density at radius 3 is 2.35 bits per heavy atom. The molecule has 20 heavy (non-hydrogen) atoms. The molecule has 0 aliphatic carbocycles. The Kier molecular flexibility index (Phi) is 3.65. The predicted octanol–water partition coefficient (Wildman–Crippen LogP) is 1.97. The van der Waals surface area contributed by atoms with Gasteiger partial charge < -0.3 is 5.73 Å². The smallest absolute Gasteiger partial charge is 0.144 e. The maximum Gasteiger partial charge on any atom is 0.144 e. The number of nitrogen functional groups attached to an aromatic ring is 1. The summed E-state index contributed by atoms with van der Waals surface area (Å²) in [5.41, 5.74) is 9.67. The number of nitrogens with two attached hydrogens (primary N) is 1. The molecular weight excluding hydrogens is 248 g/mol. The van der Waals surface area contributed by atoms with Gasteiger partial charge in [0.25, 0.3) is 0 Å². The normalized spacial score (nSPS) is 15.7. The summed E-state index contributed by atoms with van der Waals surface area (Å²) in [6.45, 7) is 4.84. The summed E-state index contributed by atoms with van der Waals surface area (Å²) >= 11 is 0. The van der Waals surface area contributed by atoms with Gasteiger partial charge in [-0.2, -0.15) is 0 Å². The summed E-state index contributed by atoms with van der Waals surface area (Å²) in [6, 6.07) is 10.5. The summed E-state index contributed by atoms with van der Waals surface area (Å²) in [7, 11) is 0. The Morgan fingerprint density at radius 1 is 1.10 bits per heavy atom. The number of benzene rings is 1. The van der Waals surface area contributed by atoms with E-state index < -0.39 is 0 Å². The molecule has 0 spiro atoms. The average molecular weight is 268 g/mol. The molecule has 0 atom stereocenters. The summed E-state index contributed by atoms with van der Waals surface area (Å²) in [6.07, 6.45) is 2.19.